The number of allylic oxidation sites excluding steroid dienone is 7. The van der Waals surface area contributed by atoms with E-state index >= 15 is 0 Å². The maximum atomic E-state index is 14.0. The summed E-state index contributed by atoms with van der Waals surface area (Å²) >= 11 is 0. The van der Waals surface area contributed by atoms with Crippen molar-refractivity contribution < 1.29 is 4.39 Å². The predicted octanol–water partition coefficient (Wildman–Crippen LogP) is 9.35. The van der Waals surface area contributed by atoms with Crippen LogP contribution in [0.2, 0.25) is 0 Å². The van der Waals surface area contributed by atoms with Crippen LogP contribution in [0.4, 0.5) is 10.1 Å². The van der Waals surface area contributed by atoms with Crippen LogP contribution >= 0.6 is 0 Å². The SMILES string of the molecule is C=C/C=C(/c1cccc(F)c1)c1cc(C(=C)c2cc(C(/C=C(\C=C)NC(=C)C(C)(C)C)=C/C)ccc2N)[nH]c1C. The van der Waals surface area contributed by atoms with Crippen LogP contribution in [0.5, 0.6) is 0 Å². The van der Waals surface area contributed by atoms with E-state index in [2.05, 4.69) is 57.4 Å². The normalized spacial score (nSPS) is 12.7. The first-order chi connectivity index (χ1) is 18.9. The van der Waals surface area contributed by atoms with Crippen LogP contribution in [-0.2, 0) is 0 Å². The second-order valence-corrected chi connectivity index (χ2v) is 10.7. The molecular formula is C36H40FN3. The Morgan fingerprint density at radius 3 is 2.33 bits per heavy atom. The van der Waals surface area contributed by atoms with Crippen molar-refractivity contribution in [1.82, 2.24) is 10.3 Å². The fourth-order valence-corrected chi connectivity index (χ4v) is 4.27. The predicted molar refractivity (Wildman–Crippen MR) is 172 cm³/mol. The van der Waals surface area contributed by atoms with E-state index in [1.807, 2.05) is 62.4 Å². The molecular weight excluding hydrogens is 493 g/mol. The van der Waals surface area contributed by atoms with Crippen molar-refractivity contribution >= 4 is 22.4 Å². The number of anilines is 1. The lowest BCUT2D eigenvalue weighted by Gasteiger charge is -2.24. The molecule has 4 N–H and O–H groups in total. The zero-order chi connectivity index (χ0) is 29.6. The van der Waals surface area contributed by atoms with Gasteiger partial charge < -0.3 is 16.0 Å². The Morgan fingerprint density at radius 2 is 1.73 bits per heavy atom. The number of nitrogens with two attached hydrogens (primary N) is 1. The van der Waals surface area contributed by atoms with Gasteiger partial charge >= 0.3 is 0 Å². The number of rotatable bonds is 10. The Morgan fingerprint density at radius 1 is 1.00 bits per heavy atom. The van der Waals surface area contributed by atoms with Crippen LogP contribution in [0.15, 0.2) is 117 Å². The molecule has 0 spiro atoms. The summed E-state index contributed by atoms with van der Waals surface area (Å²) in [6, 6.07) is 14.5. The van der Waals surface area contributed by atoms with E-state index in [-0.39, 0.29) is 11.2 Å². The molecule has 4 heteroatoms. The third-order valence-electron chi connectivity index (χ3n) is 6.80. The molecule has 0 unspecified atom stereocenters. The monoisotopic (exact) mass is 533 g/mol. The van der Waals surface area contributed by atoms with Crippen LogP contribution in [0.3, 0.4) is 0 Å². The van der Waals surface area contributed by atoms with Crippen LogP contribution in [0.1, 0.15) is 61.3 Å². The quantitative estimate of drug-likeness (QED) is 0.180. The Hall–Kier alpha value is -4.57. The van der Waals surface area contributed by atoms with Crippen molar-refractivity contribution in [1.29, 1.82) is 0 Å². The van der Waals surface area contributed by atoms with Gasteiger partial charge in [0.2, 0.25) is 0 Å². The molecule has 0 saturated carbocycles. The average molecular weight is 534 g/mol. The first-order valence-electron chi connectivity index (χ1n) is 13.2. The number of aryl methyl sites for hydroxylation is 1. The van der Waals surface area contributed by atoms with Gasteiger partial charge in [0.1, 0.15) is 5.82 Å². The van der Waals surface area contributed by atoms with Gasteiger partial charge in [-0.2, -0.15) is 0 Å². The van der Waals surface area contributed by atoms with Gasteiger partial charge in [0, 0.05) is 50.6 Å². The lowest BCUT2D eigenvalue weighted by Crippen LogP contribution is -2.22. The summed E-state index contributed by atoms with van der Waals surface area (Å²) < 4.78 is 14.0. The highest BCUT2D eigenvalue weighted by Crippen LogP contribution is 2.34. The molecule has 0 radical (unpaired) electrons. The molecule has 1 heterocycles. The van der Waals surface area contributed by atoms with E-state index in [1.165, 1.54) is 12.1 Å². The molecule has 0 aliphatic rings. The minimum atomic E-state index is -0.291. The van der Waals surface area contributed by atoms with E-state index in [1.54, 1.807) is 18.2 Å². The largest absolute Gasteiger partial charge is 0.398 e. The van der Waals surface area contributed by atoms with Crippen LogP contribution in [-0.4, -0.2) is 4.98 Å². The van der Waals surface area contributed by atoms with Gasteiger partial charge in [0.15, 0.2) is 0 Å². The first kappa shape index (κ1) is 30.0. The topological polar surface area (TPSA) is 53.8 Å². The van der Waals surface area contributed by atoms with E-state index in [4.69, 9.17) is 5.73 Å². The minimum Gasteiger partial charge on any atom is -0.398 e. The summed E-state index contributed by atoms with van der Waals surface area (Å²) in [5.41, 5.74) is 16.7. The molecule has 0 saturated heterocycles. The van der Waals surface area contributed by atoms with Crippen molar-refractivity contribution in [3.63, 3.8) is 0 Å². The number of hydrogen-bond acceptors (Lipinski definition) is 2. The van der Waals surface area contributed by atoms with E-state index in [9.17, 15) is 4.39 Å². The molecule has 2 aromatic carbocycles. The molecule has 0 amide bonds. The van der Waals surface area contributed by atoms with Crippen molar-refractivity contribution in [2.24, 2.45) is 5.41 Å². The molecule has 1 aromatic heterocycles. The van der Waals surface area contributed by atoms with Gasteiger partial charge in [0.25, 0.3) is 0 Å². The highest BCUT2D eigenvalue weighted by molar-refractivity contribution is 5.89. The highest BCUT2D eigenvalue weighted by Gasteiger charge is 2.17. The summed E-state index contributed by atoms with van der Waals surface area (Å²) in [5, 5.41) is 3.39. The second kappa shape index (κ2) is 12.5. The summed E-state index contributed by atoms with van der Waals surface area (Å²) in [7, 11) is 0. The summed E-state index contributed by atoms with van der Waals surface area (Å²) in [5.74, 6) is -0.291. The third kappa shape index (κ3) is 6.89. The van der Waals surface area contributed by atoms with E-state index in [0.29, 0.717) is 5.69 Å². The second-order valence-electron chi connectivity index (χ2n) is 10.7. The first-order valence-corrected chi connectivity index (χ1v) is 13.2. The zero-order valence-corrected chi connectivity index (χ0v) is 24.3. The zero-order valence-electron chi connectivity index (χ0n) is 24.3. The standard InChI is InChI=1S/C36H40FN3/c1-10-14-31(28-15-13-16-29(37)19-28)33-22-35(39-24(33)5)23(4)32-21-27(17-18-34(32)38)26(11-2)20-30(12-3)40-25(6)36(7,8)9/h10-22,39-40H,1,3-4,6,38H2,2,5,7-9H3/b26-11+,30-20+,31-14-. The van der Waals surface area contributed by atoms with Gasteiger partial charge in [-0.1, -0.05) is 83.5 Å². The molecule has 0 aliphatic heterocycles. The van der Waals surface area contributed by atoms with E-state index in [0.717, 1.165) is 61.8 Å². The fourth-order valence-electron chi connectivity index (χ4n) is 4.27. The van der Waals surface area contributed by atoms with Crippen molar-refractivity contribution in [2.45, 2.75) is 34.6 Å². The molecule has 40 heavy (non-hydrogen) atoms. The Balaban J connectivity index is 2.00. The number of benzene rings is 2. The van der Waals surface area contributed by atoms with Crippen molar-refractivity contribution in [2.75, 3.05) is 5.73 Å². The summed E-state index contributed by atoms with van der Waals surface area (Å²) in [6.07, 6.45) is 9.47. The fraction of sp³-hybridized carbons (Fsp3) is 0.167. The molecule has 0 atom stereocenters. The molecule has 3 rings (SSSR count). The number of nitrogen functional groups attached to an aromatic ring is 1. The lowest BCUT2D eigenvalue weighted by molar-refractivity contribution is 0.478. The van der Waals surface area contributed by atoms with Crippen molar-refractivity contribution in [3.8, 4) is 0 Å². The number of aromatic amines is 1. The number of H-pyrrole nitrogens is 1. The third-order valence-corrected chi connectivity index (χ3v) is 6.80. The Kier molecular flexibility index (Phi) is 9.39. The van der Waals surface area contributed by atoms with Gasteiger partial charge in [-0.15, -0.1) is 0 Å². The molecule has 3 nitrogen and oxygen atoms in total. The lowest BCUT2D eigenvalue weighted by atomic mass is 9.92. The minimum absolute atomic E-state index is 0.0905. The molecule has 0 fully saturated rings. The summed E-state index contributed by atoms with van der Waals surface area (Å²) in [4.78, 5) is 3.45. The van der Waals surface area contributed by atoms with Crippen molar-refractivity contribution in [3.05, 3.63) is 156 Å². The van der Waals surface area contributed by atoms with Crippen LogP contribution in [0, 0.1) is 18.2 Å². The van der Waals surface area contributed by atoms with Gasteiger partial charge in [-0.25, -0.2) is 4.39 Å². The molecule has 0 aliphatic carbocycles. The number of halogens is 1. The average Bonchev–Trinajstić information content (AvgIpc) is 3.30. The Bertz CT molecular complexity index is 1550. The Labute approximate surface area is 238 Å². The number of hydrogen-bond donors (Lipinski definition) is 3. The number of aromatic nitrogens is 1. The van der Waals surface area contributed by atoms with Gasteiger partial charge in [-0.05, 0) is 78.6 Å². The maximum absolute atomic E-state index is 14.0. The van der Waals surface area contributed by atoms with Gasteiger partial charge in [-0.3, -0.25) is 0 Å². The maximum Gasteiger partial charge on any atom is 0.123 e. The van der Waals surface area contributed by atoms with Crippen LogP contribution in [0.25, 0.3) is 16.7 Å². The van der Waals surface area contributed by atoms with E-state index < -0.39 is 0 Å². The van der Waals surface area contributed by atoms with Gasteiger partial charge in [0.05, 0.1) is 0 Å². The number of nitrogens with one attached hydrogen (secondary N) is 2. The smallest absolute Gasteiger partial charge is 0.123 e. The highest BCUT2D eigenvalue weighted by atomic mass is 19.1. The molecule has 3 aromatic rings. The molecule has 0 bridgehead atoms. The molecule has 206 valence electrons. The summed E-state index contributed by atoms with van der Waals surface area (Å²) in [6.45, 7) is 26.7. The van der Waals surface area contributed by atoms with Crippen LogP contribution < -0.4 is 11.1 Å².